The summed E-state index contributed by atoms with van der Waals surface area (Å²) in [7, 11) is 1.54. The average Bonchev–Trinajstić information content (AvgIpc) is 3.06. The molecule has 2 aromatic rings. The highest BCUT2D eigenvalue weighted by molar-refractivity contribution is 5.84. The Kier molecular flexibility index (Phi) is 4.82. The molecule has 5 heteroatoms. The minimum Gasteiger partial charge on any atom is -0.493 e. The standard InChI is InChI=1S/C19H18O5/c1-22-17-11-14(19(21)16-9-10-18(20)24-16)7-8-15(17)23-12-13-5-3-2-4-6-13/h2-11,16,19,21H,12H2,1H3/t16-,19-/m0/s1. The van der Waals surface area contributed by atoms with Crippen LogP contribution < -0.4 is 9.47 Å². The van der Waals surface area contributed by atoms with Gasteiger partial charge < -0.3 is 19.3 Å². The second-order valence-corrected chi connectivity index (χ2v) is 5.39. The summed E-state index contributed by atoms with van der Waals surface area (Å²) in [5, 5.41) is 10.3. The number of aliphatic hydroxyl groups is 1. The van der Waals surface area contributed by atoms with Crippen molar-refractivity contribution in [1.82, 2.24) is 0 Å². The van der Waals surface area contributed by atoms with Crippen molar-refractivity contribution in [3.8, 4) is 11.5 Å². The van der Waals surface area contributed by atoms with E-state index in [2.05, 4.69) is 0 Å². The summed E-state index contributed by atoms with van der Waals surface area (Å²) in [5.74, 6) is 0.640. The van der Waals surface area contributed by atoms with Crippen LogP contribution in [-0.4, -0.2) is 24.3 Å². The summed E-state index contributed by atoms with van der Waals surface area (Å²) < 4.78 is 16.1. The van der Waals surface area contributed by atoms with Gasteiger partial charge in [-0.05, 0) is 29.3 Å². The van der Waals surface area contributed by atoms with E-state index in [1.165, 1.54) is 13.2 Å². The third kappa shape index (κ3) is 3.58. The molecule has 0 aromatic heterocycles. The third-order valence-corrected chi connectivity index (χ3v) is 3.75. The number of cyclic esters (lactones) is 1. The molecule has 3 rings (SSSR count). The maximum Gasteiger partial charge on any atom is 0.331 e. The molecule has 124 valence electrons. The quantitative estimate of drug-likeness (QED) is 0.827. The van der Waals surface area contributed by atoms with Gasteiger partial charge in [0.15, 0.2) is 17.6 Å². The third-order valence-electron chi connectivity index (χ3n) is 3.75. The lowest BCUT2D eigenvalue weighted by molar-refractivity contribution is -0.142. The predicted octanol–water partition coefficient (Wildman–Crippen LogP) is 2.79. The van der Waals surface area contributed by atoms with Crippen LogP contribution in [-0.2, 0) is 16.1 Å². The first-order chi connectivity index (χ1) is 11.7. The molecule has 0 aliphatic carbocycles. The van der Waals surface area contributed by atoms with Crippen molar-refractivity contribution in [2.75, 3.05) is 7.11 Å². The van der Waals surface area contributed by atoms with Crippen molar-refractivity contribution in [2.45, 2.75) is 18.8 Å². The van der Waals surface area contributed by atoms with Gasteiger partial charge in [0.2, 0.25) is 0 Å². The van der Waals surface area contributed by atoms with Gasteiger partial charge in [-0.1, -0.05) is 36.4 Å². The number of aliphatic hydroxyl groups excluding tert-OH is 1. The highest BCUT2D eigenvalue weighted by Crippen LogP contribution is 2.33. The molecule has 1 N–H and O–H groups in total. The first kappa shape index (κ1) is 16.1. The minimum atomic E-state index is -0.954. The van der Waals surface area contributed by atoms with E-state index < -0.39 is 18.2 Å². The van der Waals surface area contributed by atoms with Gasteiger partial charge in [-0.25, -0.2) is 4.79 Å². The van der Waals surface area contributed by atoms with Crippen molar-refractivity contribution in [1.29, 1.82) is 0 Å². The van der Waals surface area contributed by atoms with E-state index in [4.69, 9.17) is 14.2 Å². The van der Waals surface area contributed by atoms with Crippen LogP contribution in [0.25, 0.3) is 0 Å². The Bertz CT molecular complexity index is 739. The van der Waals surface area contributed by atoms with Crippen LogP contribution in [0.3, 0.4) is 0 Å². The van der Waals surface area contributed by atoms with Crippen LogP contribution in [0.15, 0.2) is 60.7 Å². The van der Waals surface area contributed by atoms with Crippen LogP contribution in [0.5, 0.6) is 11.5 Å². The Labute approximate surface area is 140 Å². The van der Waals surface area contributed by atoms with E-state index in [1.54, 1.807) is 24.3 Å². The summed E-state index contributed by atoms with van der Waals surface area (Å²) in [6.07, 6.45) is 1.21. The smallest absolute Gasteiger partial charge is 0.331 e. The zero-order valence-electron chi connectivity index (χ0n) is 13.2. The first-order valence-corrected chi connectivity index (χ1v) is 7.59. The van der Waals surface area contributed by atoms with E-state index in [1.807, 2.05) is 30.3 Å². The zero-order chi connectivity index (χ0) is 16.9. The van der Waals surface area contributed by atoms with E-state index in [9.17, 15) is 9.90 Å². The highest BCUT2D eigenvalue weighted by atomic mass is 16.6. The molecular weight excluding hydrogens is 308 g/mol. The zero-order valence-corrected chi connectivity index (χ0v) is 13.2. The lowest BCUT2D eigenvalue weighted by atomic mass is 10.0. The van der Waals surface area contributed by atoms with Crippen LogP contribution in [0, 0.1) is 0 Å². The van der Waals surface area contributed by atoms with Gasteiger partial charge in [-0.15, -0.1) is 0 Å². The van der Waals surface area contributed by atoms with Crippen molar-refractivity contribution >= 4 is 5.97 Å². The molecular formula is C19H18O5. The monoisotopic (exact) mass is 326 g/mol. The van der Waals surface area contributed by atoms with E-state index >= 15 is 0 Å². The van der Waals surface area contributed by atoms with Gasteiger partial charge in [0.05, 0.1) is 7.11 Å². The van der Waals surface area contributed by atoms with Crippen LogP contribution in [0.4, 0.5) is 0 Å². The van der Waals surface area contributed by atoms with Gasteiger partial charge in [0.1, 0.15) is 12.7 Å². The van der Waals surface area contributed by atoms with E-state index in [0.29, 0.717) is 23.7 Å². The maximum absolute atomic E-state index is 11.1. The molecule has 1 aliphatic heterocycles. The van der Waals surface area contributed by atoms with Gasteiger partial charge >= 0.3 is 5.97 Å². The number of rotatable bonds is 6. The summed E-state index contributed by atoms with van der Waals surface area (Å²) in [6.45, 7) is 0.419. The number of hydrogen-bond acceptors (Lipinski definition) is 5. The SMILES string of the molecule is COc1cc([C@H](O)[C@@H]2C=CC(=O)O2)ccc1OCc1ccccc1. The van der Waals surface area contributed by atoms with Crippen molar-refractivity contribution in [2.24, 2.45) is 0 Å². The Morgan fingerprint density at radius 3 is 2.62 bits per heavy atom. The lowest BCUT2D eigenvalue weighted by Gasteiger charge is -2.18. The van der Waals surface area contributed by atoms with E-state index in [-0.39, 0.29) is 0 Å². The molecule has 1 heterocycles. The number of benzene rings is 2. The van der Waals surface area contributed by atoms with Crippen LogP contribution in [0.2, 0.25) is 0 Å². The first-order valence-electron chi connectivity index (χ1n) is 7.59. The summed E-state index contributed by atoms with van der Waals surface area (Å²) in [6, 6.07) is 15.0. The Morgan fingerprint density at radius 1 is 1.17 bits per heavy atom. The molecule has 2 atom stereocenters. The average molecular weight is 326 g/mol. The number of ether oxygens (including phenoxy) is 3. The minimum absolute atomic E-state index is 0.419. The lowest BCUT2D eigenvalue weighted by Crippen LogP contribution is -2.18. The van der Waals surface area contributed by atoms with Crippen molar-refractivity contribution in [3.63, 3.8) is 0 Å². The second-order valence-electron chi connectivity index (χ2n) is 5.39. The van der Waals surface area contributed by atoms with Crippen LogP contribution in [0.1, 0.15) is 17.2 Å². The molecule has 2 aromatic carbocycles. The van der Waals surface area contributed by atoms with E-state index in [0.717, 1.165) is 5.56 Å². The van der Waals surface area contributed by atoms with Gasteiger partial charge in [0, 0.05) is 6.08 Å². The fraction of sp³-hybridized carbons (Fsp3) is 0.211. The fourth-order valence-electron chi connectivity index (χ4n) is 2.47. The normalized spacial score (nSPS) is 17.4. The predicted molar refractivity (Wildman–Crippen MR) is 87.7 cm³/mol. The summed E-state index contributed by atoms with van der Waals surface area (Å²) >= 11 is 0. The molecule has 0 bridgehead atoms. The Morgan fingerprint density at radius 2 is 1.96 bits per heavy atom. The van der Waals surface area contributed by atoms with Crippen molar-refractivity contribution < 1.29 is 24.1 Å². The fourth-order valence-corrected chi connectivity index (χ4v) is 2.47. The topological polar surface area (TPSA) is 65.0 Å². The largest absolute Gasteiger partial charge is 0.493 e. The number of carbonyl (C=O) groups excluding carboxylic acids is 1. The summed E-state index contributed by atoms with van der Waals surface area (Å²) in [4.78, 5) is 11.1. The molecule has 1 aliphatic rings. The second kappa shape index (κ2) is 7.19. The van der Waals surface area contributed by atoms with Gasteiger partial charge in [0.25, 0.3) is 0 Å². The Balaban J connectivity index is 1.73. The van der Waals surface area contributed by atoms with Gasteiger partial charge in [-0.2, -0.15) is 0 Å². The van der Waals surface area contributed by atoms with Crippen molar-refractivity contribution in [3.05, 3.63) is 71.8 Å². The number of hydrogen-bond donors (Lipinski definition) is 1. The molecule has 0 spiro atoms. The molecule has 24 heavy (non-hydrogen) atoms. The molecule has 0 unspecified atom stereocenters. The molecule has 0 fully saturated rings. The molecule has 5 nitrogen and oxygen atoms in total. The molecule has 0 radical (unpaired) electrons. The van der Waals surface area contributed by atoms with Gasteiger partial charge in [-0.3, -0.25) is 0 Å². The number of carbonyl (C=O) groups is 1. The van der Waals surface area contributed by atoms with Crippen LogP contribution >= 0.6 is 0 Å². The molecule has 0 saturated heterocycles. The maximum atomic E-state index is 11.1. The Hall–Kier alpha value is -2.79. The highest BCUT2D eigenvalue weighted by Gasteiger charge is 2.26. The summed E-state index contributed by atoms with van der Waals surface area (Å²) in [5.41, 5.74) is 1.63. The number of esters is 1. The molecule has 0 amide bonds. The number of methoxy groups -OCH3 is 1. The molecule has 0 saturated carbocycles.